The second-order valence-electron chi connectivity index (χ2n) is 4.78. The van der Waals surface area contributed by atoms with Crippen molar-refractivity contribution in [3.63, 3.8) is 0 Å². The molecule has 0 radical (unpaired) electrons. The summed E-state index contributed by atoms with van der Waals surface area (Å²) in [6, 6.07) is 8.56. The molecule has 0 unspecified atom stereocenters. The summed E-state index contributed by atoms with van der Waals surface area (Å²) in [5.41, 5.74) is 1.73. The fourth-order valence-electron chi connectivity index (χ4n) is 1.90. The maximum Gasteiger partial charge on any atom is 0.316 e. The molecule has 8 heteroatoms. The molecule has 0 aliphatic rings. The Bertz CT molecular complexity index is 852. The fraction of sp³-hybridized carbons (Fsp3) is 0.143. The van der Waals surface area contributed by atoms with E-state index in [4.69, 9.17) is 4.42 Å². The number of benzene rings is 1. The van der Waals surface area contributed by atoms with Gasteiger partial charge in [-0.1, -0.05) is 5.10 Å². The van der Waals surface area contributed by atoms with Crippen LogP contribution in [-0.2, 0) is 16.4 Å². The third-order valence-electron chi connectivity index (χ3n) is 3.06. The fourth-order valence-corrected chi connectivity index (χ4v) is 2.53. The topological polar surface area (TPSA) is 101 Å². The standard InChI is InChI=1S/C14H14N4O3S/c1-22(19,20)12-4-2-11(3-5-12)13-17-18-14(21-13)16-9-10-6-7-15-8-10/h2-8,15H,9H2,1H3,(H,16,18). The summed E-state index contributed by atoms with van der Waals surface area (Å²) in [6.07, 6.45) is 4.87. The van der Waals surface area contributed by atoms with Crippen molar-refractivity contribution in [1.82, 2.24) is 15.2 Å². The molecule has 7 nitrogen and oxygen atoms in total. The summed E-state index contributed by atoms with van der Waals surface area (Å²) in [4.78, 5) is 3.21. The van der Waals surface area contributed by atoms with E-state index in [0.29, 0.717) is 24.0 Å². The highest BCUT2D eigenvalue weighted by atomic mass is 32.2. The number of hydrogen-bond acceptors (Lipinski definition) is 6. The molecule has 2 heterocycles. The number of anilines is 1. The highest BCUT2D eigenvalue weighted by molar-refractivity contribution is 7.90. The van der Waals surface area contributed by atoms with E-state index in [1.54, 1.807) is 12.1 Å². The smallest absolute Gasteiger partial charge is 0.316 e. The molecule has 0 bridgehead atoms. The number of nitrogens with one attached hydrogen (secondary N) is 2. The first-order valence-electron chi connectivity index (χ1n) is 6.52. The van der Waals surface area contributed by atoms with Crippen molar-refractivity contribution >= 4 is 15.9 Å². The van der Waals surface area contributed by atoms with E-state index in [-0.39, 0.29) is 4.90 Å². The van der Waals surface area contributed by atoms with Crippen molar-refractivity contribution in [1.29, 1.82) is 0 Å². The lowest BCUT2D eigenvalue weighted by Gasteiger charge is -1.99. The minimum atomic E-state index is -3.21. The highest BCUT2D eigenvalue weighted by Crippen LogP contribution is 2.21. The Balaban J connectivity index is 1.73. The summed E-state index contributed by atoms with van der Waals surface area (Å²) in [5, 5.41) is 10.9. The first-order chi connectivity index (χ1) is 10.5. The first kappa shape index (κ1) is 14.3. The SMILES string of the molecule is CS(=O)(=O)c1ccc(-c2nnc(NCc3cc[nH]c3)o2)cc1. The van der Waals surface area contributed by atoms with Crippen LogP contribution in [0.25, 0.3) is 11.5 Å². The molecule has 0 spiro atoms. The van der Waals surface area contributed by atoms with E-state index in [1.165, 1.54) is 12.1 Å². The minimum absolute atomic E-state index is 0.251. The molecule has 0 fully saturated rings. The van der Waals surface area contributed by atoms with Crippen LogP contribution in [0.5, 0.6) is 0 Å². The zero-order valence-electron chi connectivity index (χ0n) is 11.8. The van der Waals surface area contributed by atoms with Gasteiger partial charge in [0, 0.05) is 30.8 Å². The van der Waals surface area contributed by atoms with Gasteiger partial charge in [0.1, 0.15) is 0 Å². The van der Waals surface area contributed by atoms with E-state index in [1.807, 2.05) is 18.5 Å². The third kappa shape index (κ3) is 3.17. The largest absolute Gasteiger partial charge is 0.403 e. The van der Waals surface area contributed by atoms with Crippen molar-refractivity contribution in [2.45, 2.75) is 11.4 Å². The lowest BCUT2D eigenvalue weighted by atomic mass is 10.2. The number of hydrogen-bond donors (Lipinski definition) is 2. The second-order valence-corrected chi connectivity index (χ2v) is 6.80. The lowest BCUT2D eigenvalue weighted by molar-refractivity contribution is 0.580. The molecular weight excluding hydrogens is 304 g/mol. The van der Waals surface area contributed by atoms with Gasteiger partial charge in [-0.05, 0) is 35.9 Å². The van der Waals surface area contributed by atoms with Crippen LogP contribution >= 0.6 is 0 Å². The summed E-state index contributed by atoms with van der Waals surface area (Å²) in [6.45, 7) is 0.568. The Morgan fingerprint density at radius 3 is 2.59 bits per heavy atom. The van der Waals surface area contributed by atoms with E-state index in [9.17, 15) is 8.42 Å². The lowest BCUT2D eigenvalue weighted by Crippen LogP contribution is -1.97. The third-order valence-corrected chi connectivity index (χ3v) is 4.19. The molecule has 0 aliphatic heterocycles. The molecule has 114 valence electrons. The Kier molecular flexibility index (Phi) is 3.68. The van der Waals surface area contributed by atoms with Crippen LogP contribution in [-0.4, -0.2) is 29.9 Å². The molecular formula is C14H14N4O3S. The van der Waals surface area contributed by atoms with Crippen LogP contribution in [0.4, 0.5) is 6.01 Å². The molecule has 0 atom stereocenters. The number of aromatic nitrogens is 3. The molecule has 0 amide bonds. The second kappa shape index (κ2) is 5.64. The van der Waals surface area contributed by atoms with E-state index in [0.717, 1.165) is 11.8 Å². The average Bonchev–Trinajstić information content (AvgIpc) is 3.16. The zero-order valence-corrected chi connectivity index (χ0v) is 12.6. The van der Waals surface area contributed by atoms with Crippen molar-refractivity contribution in [3.05, 3.63) is 48.3 Å². The summed E-state index contributed by atoms with van der Waals surface area (Å²) >= 11 is 0. The normalized spacial score (nSPS) is 11.5. The van der Waals surface area contributed by atoms with Gasteiger partial charge >= 0.3 is 6.01 Å². The van der Waals surface area contributed by atoms with Crippen molar-refractivity contribution < 1.29 is 12.8 Å². The molecule has 22 heavy (non-hydrogen) atoms. The number of sulfone groups is 1. The Hall–Kier alpha value is -2.61. The van der Waals surface area contributed by atoms with E-state index in [2.05, 4.69) is 20.5 Å². The first-order valence-corrected chi connectivity index (χ1v) is 8.41. The van der Waals surface area contributed by atoms with Gasteiger partial charge in [0.2, 0.25) is 5.89 Å². The van der Waals surface area contributed by atoms with Crippen molar-refractivity contribution in [2.75, 3.05) is 11.6 Å². The van der Waals surface area contributed by atoms with Crippen LogP contribution in [0.3, 0.4) is 0 Å². The minimum Gasteiger partial charge on any atom is -0.403 e. The van der Waals surface area contributed by atoms with Gasteiger partial charge in [-0.25, -0.2) is 8.42 Å². The maximum absolute atomic E-state index is 11.4. The molecule has 0 saturated carbocycles. The summed E-state index contributed by atoms with van der Waals surface area (Å²) < 4.78 is 28.3. The number of H-pyrrole nitrogens is 1. The predicted octanol–water partition coefficient (Wildman–Crippen LogP) is 2.08. The monoisotopic (exact) mass is 318 g/mol. The van der Waals surface area contributed by atoms with Crippen LogP contribution in [0.15, 0.2) is 52.0 Å². The molecule has 0 aliphatic carbocycles. The van der Waals surface area contributed by atoms with Crippen molar-refractivity contribution in [2.24, 2.45) is 0 Å². The summed E-state index contributed by atoms with van der Waals surface area (Å²) in [7, 11) is -3.21. The Labute approximate surface area is 127 Å². The highest BCUT2D eigenvalue weighted by Gasteiger charge is 2.11. The summed E-state index contributed by atoms with van der Waals surface area (Å²) in [5.74, 6) is 0.330. The van der Waals surface area contributed by atoms with Gasteiger partial charge in [-0.3, -0.25) is 0 Å². The van der Waals surface area contributed by atoms with E-state index >= 15 is 0 Å². The van der Waals surface area contributed by atoms with Gasteiger partial charge in [0.05, 0.1) is 4.90 Å². The molecule has 0 saturated heterocycles. The van der Waals surface area contributed by atoms with E-state index < -0.39 is 9.84 Å². The predicted molar refractivity (Wildman–Crippen MR) is 81.0 cm³/mol. The number of nitrogens with zero attached hydrogens (tertiary/aromatic N) is 2. The van der Waals surface area contributed by atoms with Gasteiger partial charge in [0.15, 0.2) is 9.84 Å². The Morgan fingerprint density at radius 2 is 1.95 bits per heavy atom. The average molecular weight is 318 g/mol. The number of rotatable bonds is 5. The van der Waals surface area contributed by atoms with Gasteiger partial charge in [0.25, 0.3) is 0 Å². The zero-order chi connectivity index (χ0) is 15.6. The maximum atomic E-state index is 11.4. The molecule has 2 N–H and O–H groups in total. The van der Waals surface area contributed by atoms with Gasteiger partial charge in [-0.2, -0.15) is 0 Å². The number of aromatic amines is 1. The molecule has 3 aromatic rings. The molecule has 3 rings (SSSR count). The van der Waals surface area contributed by atoms with Crippen LogP contribution in [0.1, 0.15) is 5.56 Å². The van der Waals surface area contributed by atoms with Crippen LogP contribution < -0.4 is 5.32 Å². The van der Waals surface area contributed by atoms with Gasteiger partial charge < -0.3 is 14.7 Å². The molecule has 2 aromatic heterocycles. The molecule has 1 aromatic carbocycles. The van der Waals surface area contributed by atoms with Crippen LogP contribution in [0.2, 0.25) is 0 Å². The van der Waals surface area contributed by atoms with Crippen molar-refractivity contribution in [3.8, 4) is 11.5 Å². The quantitative estimate of drug-likeness (QED) is 0.747. The van der Waals surface area contributed by atoms with Gasteiger partial charge in [-0.15, -0.1) is 5.10 Å². The Morgan fingerprint density at radius 1 is 1.18 bits per heavy atom. The van der Waals surface area contributed by atoms with Crippen LogP contribution in [0, 0.1) is 0 Å².